The number of hydrogen-bond donors (Lipinski definition) is 2. The van der Waals surface area contributed by atoms with Gasteiger partial charge in [0.05, 0.1) is 26.3 Å². The topological polar surface area (TPSA) is 54.5 Å². The summed E-state index contributed by atoms with van der Waals surface area (Å²) in [6.45, 7) is -0.121. The van der Waals surface area contributed by atoms with E-state index >= 15 is 0 Å². The molecule has 114 valence electrons. The molecule has 0 atom stereocenters. The molecule has 4 nitrogen and oxygen atoms in total. The third-order valence-electron chi connectivity index (χ3n) is 3.74. The number of aliphatic hydroxyl groups excluding tert-OH is 1. The molecule has 2 aromatic carbocycles. The zero-order valence-electron chi connectivity index (χ0n) is 12.3. The molecule has 22 heavy (non-hydrogen) atoms. The molecule has 0 amide bonds. The minimum absolute atomic E-state index is 0.121. The minimum atomic E-state index is -0.121. The van der Waals surface area contributed by atoms with Crippen LogP contribution in [-0.4, -0.2) is 24.3 Å². The molecule has 0 unspecified atom stereocenters. The normalized spacial score (nSPS) is 10.9. The number of aliphatic hydroxyl groups is 1. The number of aromatic nitrogens is 1. The summed E-state index contributed by atoms with van der Waals surface area (Å²) in [5.74, 6) is 1.28. The summed E-state index contributed by atoms with van der Waals surface area (Å²) in [5, 5.41) is 11.3. The second-order valence-electron chi connectivity index (χ2n) is 4.88. The van der Waals surface area contributed by atoms with Gasteiger partial charge < -0.3 is 19.6 Å². The molecule has 1 heterocycles. The summed E-state index contributed by atoms with van der Waals surface area (Å²) in [7, 11) is 3.19. The van der Waals surface area contributed by atoms with Gasteiger partial charge in [0.2, 0.25) is 0 Å². The Morgan fingerprint density at radius 3 is 2.36 bits per heavy atom. The van der Waals surface area contributed by atoms with Crippen molar-refractivity contribution < 1.29 is 14.6 Å². The predicted octanol–water partition coefficient (Wildman–Crippen LogP) is 4.00. The fourth-order valence-electron chi connectivity index (χ4n) is 2.68. The van der Waals surface area contributed by atoms with Crippen LogP contribution in [0.4, 0.5) is 0 Å². The molecular weight excluding hydrogens is 302 g/mol. The summed E-state index contributed by atoms with van der Waals surface area (Å²) in [4.78, 5) is 3.22. The number of H-pyrrole nitrogens is 1. The van der Waals surface area contributed by atoms with E-state index in [9.17, 15) is 5.11 Å². The van der Waals surface area contributed by atoms with Crippen molar-refractivity contribution in [3.8, 4) is 22.6 Å². The van der Waals surface area contributed by atoms with Crippen molar-refractivity contribution in [3.63, 3.8) is 0 Å². The highest BCUT2D eigenvalue weighted by Gasteiger charge is 2.18. The average molecular weight is 318 g/mol. The Morgan fingerprint density at radius 1 is 1.09 bits per heavy atom. The summed E-state index contributed by atoms with van der Waals surface area (Å²) in [6, 6.07) is 9.39. The number of methoxy groups -OCH3 is 2. The molecule has 2 N–H and O–H groups in total. The lowest BCUT2D eigenvalue weighted by Gasteiger charge is -2.12. The van der Waals surface area contributed by atoms with Crippen molar-refractivity contribution in [1.82, 2.24) is 4.98 Å². The quantitative estimate of drug-likeness (QED) is 0.764. The maximum absolute atomic E-state index is 9.67. The Balaban J connectivity index is 2.31. The van der Waals surface area contributed by atoms with E-state index in [1.54, 1.807) is 20.3 Å². The number of benzene rings is 2. The van der Waals surface area contributed by atoms with E-state index in [0.717, 1.165) is 22.0 Å². The van der Waals surface area contributed by atoms with Gasteiger partial charge in [0.1, 0.15) is 11.5 Å². The van der Waals surface area contributed by atoms with Gasteiger partial charge in [-0.2, -0.15) is 0 Å². The van der Waals surface area contributed by atoms with Crippen LogP contribution >= 0.6 is 11.6 Å². The van der Waals surface area contributed by atoms with Crippen LogP contribution in [0.25, 0.3) is 22.0 Å². The summed E-state index contributed by atoms with van der Waals surface area (Å²) < 4.78 is 10.8. The number of ether oxygens (including phenoxy) is 2. The van der Waals surface area contributed by atoms with Crippen LogP contribution in [0.1, 0.15) is 5.56 Å². The first-order valence-corrected chi connectivity index (χ1v) is 7.19. The number of aromatic amines is 1. The fraction of sp³-hybridized carbons (Fsp3) is 0.176. The molecule has 0 aliphatic carbocycles. The molecule has 0 aliphatic rings. The number of rotatable bonds is 4. The van der Waals surface area contributed by atoms with Crippen LogP contribution in [0.3, 0.4) is 0 Å². The summed E-state index contributed by atoms with van der Waals surface area (Å²) >= 11 is 5.96. The Kier molecular flexibility index (Phi) is 3.96. The van der Waals surface area contributed by atoms with E-state index in [0.29, 0.717) is 22.1 Å². The maximum atomic E-state index is 9.67. The maximum Gasteiger partial charge on any atom is 0.132 e. The lowest BCUT2D eigenvalue weighted by molar-refractivity contribution is 0.275. The molecule has 3 rings (SSSR count). The second kappa shape index (κ2) is 5.91. The predicted molar refractivity (Wildman–Crippen MR) is 87.8 cm³/mol. The van der Waals surface area contributed by atoms with Crippen molar-refractivity contribution in [2.24, 2.45) is 0 Å². The van der Waals surface area contributed by atoms with Crippen LogP contribution in [-0.2, 0) is 6.61 Å². The average Bonchev–Trinajstić information content (AvgIpc) is 2.98. The van der Waals surface area contributed by atoms with E-state index in [-0.39, 0.29) is 6.61 Å². The highest BCUT2D eigenvalue weighted by atomic mass is 35.5. The van der Waals surface area contributed by atoms with E-state index in [4.69, 9.17) is 21.1 Å². The fourth-order valence-corrected chi connectivity index (χ4v) is 2.80. The standard InChI is InChI=1S/C17H16ClNO3/c1-21-14-7-15(22-2)16-12(8-19-17(16)13(14)9-20)10-3-5-11(18)6-4-10/h3-8,19-20H,9H2,1-2H3. The van der Waals surface area contributed by atoms with Gasteiger partial charge >= 0.3 is 0 Å². The molecule has 1 aromatic heterocycles. The van der Waals surface area contributed by atoms with E-state index < -0.39 is 0 Å². The molecule has 0 aliphatic heterocycles. The highest BCUT2D eigenvalue weighted by molar-refractivity contribution is 6.30. The highest BCUT2D eigenvalue weighted by Crippen LogP contribution is 2.41. The zero-order valence-corrected chi connectivity index (χ0v) is 13.1. The van der Waals surface area contributed by atoms with Crippen molar-refractivity contribution in [2.45, 2.75) is 6.61 Å². The summed E-state index contributed by atoms with van der Waals surface area (Å²) in [6.07, 6.45) is 1.90. The molecule has 0 spiro atoms. The minimum Gasteiger partial charge on any atom is -0.496 e. The molecular formula is C17H16ClNO3. The third kappa shape index (κ3) is 2.30. The van der Waals surface area contributed by atoms with Gasteiger partial charge in [-0.05, 0) is 17.7 Å². The monoisotopic (exact) mass is 317 g/mol. The van der Waals surface area contributed by atoms with Crippen molar-refractivity contribution in [2.75, 3.05) is 14.2 Å². The Bertz CT molecular complexity index is 809. The van der Waals surface area contributed by atoms with Crippen LogP contribution < -0.4 is 9.47 Å². The van der Waals surface area contributed by atoms with Crippen LogP contribution in [0.15, 0.2) is 36.5 Å². The third-order valence-corrected chi connectivity index (χ3v) is 3.99. The first-order chi connectivity index (χ1) is 10.7. The van der Waals surface area contributed by atoms with Gasteiger partial charge in [-0.1, -0.05) is 23.7 Å². The number of fused-ring (bicyclic) bond motifs is 1. The molecule has 3 aromatic rings. The van der Waals surface area contributed by atoms with Gasteiger partial charge in [0.15, 0.2) is 0 Å². The lowest BCUT2D eigenvalue weighted by atomic mass is 10.0. The van der Waals surface area contributed by atoms with Gasteiger partial charge in [-0.15, -0.1) is 0 Å². The van der Waals surface area contributed by atoms with Gasteiger partial charge in [-0.3, -0.25) is 0 Å². The molecule has 5 heteroatoms. The second-order valence-corrected chi connectivity index (χ2v) is 5.31. The Morgan fingerprint density at radius 2 is 1.77 bits per heavy atom. The Hall–Kier alpha value is -2.17. The first kappa shape index (κ1) is 14.8. The molecule has 0 radical (unpaired) electrons. The van der Waals surface area contributed by atoms with Crippen molar-refractivity contribution >= 4 is 22.5 Å². The van der Waals surface area contributed by atoms with E-state index in [1.807, 2.05) is 30.5 Å². The molecule has 0 fully saturated rings. The molecule has 0 saturated heterocycles. The van der Waals surface area contributed by atoms with Gasteiger partial charge in [0, 0.05) is 33.8 Å². The van der Waals surface area contributed by atoms with Crippen molar-refractivity contribution in [3.05, 3.63) is 47.1 Å². The SMILES string of the molecule is COc1cc(OC)c2c(-c3ccc(Cl)cc3)c[nH]c2c1CO. The molecule has 0 bridgehead atoms. The Labute approximate surface area is 133 Å². The van der Waals surface area contributed by atoms with Crippen molar-refractivity contribution in [1.29, 1.82) is 0 Å². The van der Waals surface area contributed by atoms with Crippen LogP contribution in [0.5, 0.6) is 11.5 Å². The van der Waals surface area contributed by atoms with E-state index in [1.165, 1.54) is 0 Å². The number of halogens is 1. The largest absolute Gasteiger partial charge is 0.496 e. The number of nitrogens with one attached hydrogen (secondary N) is 1. The van der Waals surface area contributed by atoms with Gasteiger partial charge in [-0.25, -0.2) is 0 Å². The van der Waals surface area contributed by atoms with Crippen LogP contribution in [0.2, 0.25) is 5.02 Å². The van der Waals surface area contributed by atoms with Gasteiger partial charge in [0.25, 0.3) is 0 Å². The van der Waals surface area contributed by atoms with Crippen LogP contribution in [0, 0.1) is 0 Å². The number of hydrogen-bond acceptors (Lipinski definition) is 3. The first-order valence-electron chi connectivity index (χ1n) is 6.81. The molecule has 0 saturated carbocycles. The van der Waals surface area contributed by atoms with E-state index in [2.05, 4.69) is 4.98 Å². The lowest BCUT2D eigenvalue weighted by Crippen LogP contribution is -1.96. The summed E-state index contributed by atoms with van der Waals surface area (Å²) in [5.41, 5.74) is 3.52. The smallest absolute Gasteiger partial charge is 0.132 e. The zero-order chi connectivity index (χ0) is 15.7.